The summed E-state index contributed by atoms with van der Waals surface area (Å²) in [6.07, 6.45) is 0.848. The molecule has 12 heavy (non-hydrogen) atoms. The van der Waals surface area contributed by atoms with E-state index in [1.807, 2.05) is 18.4 Å². The maximum atomic E-state index is 5.75. The van der Waals surface area contributed by atoms with Crippen molar-refractivity contribution in [1.29, 1.82) is 0 Å². The van der Waals surface area contributed by atoms with Crippen molar-refractivity contribution in [2.45, 2.75) is 20.3 Å². The minimum Gasteiger partial charge on any atom is -0.394 e. The zero-order chi connectivity index (χ0) is 8.72. The molecule has 0 aliphatic carbocycles. The number of H-pyrrole nitrogens is 1. The fourth-order valence-electron chi connectivity index (χ4n) is 1.23. The van der Waals surface area contributed by atoms with Gasteiger partial charge in [-0.05, 0) is 6.92 Å². The molecular weight excluding hydrogens is 154 g/mol. The maximum absolute atomic E-state index is 5.75. The van der Waals surface area contributed by atoms with Crippen LogP contribution in [0.2, 0.25) is 0 Å². The minimum atomic E-state index is 0.683. The zero-order valence-corrected chi connectivity index (χ0v) is 7.13. The van der Waals surface area contributed by atoms with Crippen molar-refractivity contribution in [2.75, 3.05) is 5.73 Å². The van der Waals surface area contributed by atoms with E-state index in [0.717, 1.165) is 23.6 Å². The summed E-state index contributed by atoms with van der Waals surface area (Å²) in [6.45, 7) is 3.95. The first-order valence-corrected chi connectivity index (χ1v) is 3.92. The Morgan fingerprint density at radius 2 is 2.25 bits per heavy atom. The molecule has 2 heterocycles. The first-order valence-electron chi connectivity index (χ1n) is 3.92. The highest BCUT2D eigenvalue weighted by molar-refractivity contribution is 5.66. The molecule has 64 valence electrons. The van der Waals surface area contributed by atoms with Gasteiger partial charge in [-0.2, -0.15) is 0 Å². The maximum Gasteiger partial charge on any atom is 0.200 e. The van der Waals surface area contributed by atoms with E-state index in [1.165, 1.54) is 0 Å². The highest BCUT2D eigenvalue weighted by atomic mass is 15.4. The lowest BCUT2D eigenvalue weighted by atomic mass is 10.4. The molecule has 5 heteroatoms. The van der Waals surface area contributed by atoms with Crippen LogP contribution in [0.5, 0.6) is 0 Å². The van der Waals surface area contributed by atoms with E-state index in [0.29, 0.717) is 5.69 Å². The number of rotatable bonds is 1. The fraction of sp³-hybridized carbons (Fsp3) is 0.429. The van der Waals surface area contributed by atoms with Crippen LogP contribution in [0.1, 0.15) is 18.4 Å². The number of aromatic nitrogens is 4. The van der Waals surface area contributed by atoms with Gasteiger partial charge in [0.1, 0.15) is 0 Å². The summed E-state index contributed by atoms with van der Waals surface area (Å²) in [6, 6.07) is 0. The summed E-state index contributed by atoms with van der Waals surface area (Å²) in [5, 5.41) is 11.0. The first-order chi connectivity index (χ1) is 5.74. The molecular formula is C7H11N5. The first kappa shape index (κ1) is 7.15. The normalized spacial score (nSPS) is 11.2. The lowest BCUT2D eigenvalue weighted by Gasteiger charge is -1.88. The van der Waals surface area contributed by atoms with E-state index >= 15 is 0 Å². The van der Waals surface area contributed by atoms with E-state index in [1.54, 1.807) is 0 Å². The molecule has 2 aromatic heterocycles. The third kappa shape index (κ3) is 0.731. The molecule has 0 aliphatic rings. The van der Waals surface area contributed by atoms with Crippen LogP contribution in [0, 0.1) is 6.92 Å². The van der Waals surface area contributed by atoms with Crippen molar-refractivity contribution in [3.63, 3.8) is 0 Å². The van der Waals surface area contributed by atoms with Crippen molar-refractivity contribution in [1.82, 2.24) is 19.8 Å². The van der Waals surface area contributed by atoms with Gasteiger partial charge < -0.3 is 5.73 Å². The molecule has 0 saturated carbocycles. The average molecular weight is 165 g/mol. The van der Waals surface area contributed by atoms with E-state index in [9.17, 15) is 0 Å². The molecule has 0 aliphatic heterocycles. The van der Waals surface area contributed by atoms with Crippen LogP contribution in [0.4, 0.5) is 5.69 Å². The summed E-state index contributed by atoms with van der Waals surface area (Å²) in [7, 11) is 0. The summed E-state index contributed by atoms with van der Waals surface area (Å²) in [5.41, 5.74) is 8.10. The van der Waals surface area contributed by atoms with Gasteiger partial charge >= 0.3 is 0 Å². The number of aryl methyl sites for hydroxylation is 2. The standard InChI is InChI=1S/C7H11N5/c1-3-5-9-10-7-6(8)4(2)11-12(5)7/h11H,3,8H2,1-2H3. The highest BCUT2D eigenvalue weighted by Crippen LogP contribution is 2.15. The summed E-state index contributed by atoms with van der Waals surface area (Å²) in [5.74, 6) is 0.907. The van der Waals surface area contributed by atoms with Crippen molar-refractivity contribution in [3.05, 3.63) is 11.5 Å². The van der Waals surface area contributed by atoms with Crippen LogP contribution >= 0.6 is 0 Å². The molecule has 0 radical (unpaired) electrons. The molecule has 2 aromatic rings. The van der Waals surface area contributed by atoms with Gasteiger partial charge in [-0.15, -0.1) is 10.2 Å². The predicted octanol–water partition coefficient (Wildman–Crippen LogP) is 0.510. The van der Waals surface area contributed by atoms with Gasteiger partial charge in [0.2, 0.25) is 5.65 Å². The highest BCUT2D eigenvalue weighted by Gasteiger charge is 2.10. The number of nitrogen functional groups attached to an aromatic ring is 1. The second-order valence-electron chi connectivity index (χ2n) is 2.78. The molecule has 0 bridgehead atoms. The van der Waals surface area contributed by atoms with Gasteiger partial charge in [-0.3, -0.25) is 5.10 Å². The minimum absolute atomic E-state index is 0.683. The van der Waals surface area contributed by atoms with Crippen molar-refractivity contribution in [3.8, 4) is 0 Å². The number of aromatic amines is 1. The van der Waals surface area contributed by atoms with Crippen LogP contribution in [0.15, 0.2) is 0 Å². The van der Waals surface area contributed by atoms with Crippen LogP contribution in [0.3, 0.4) is 0 Å². The Morgan fingerprint density at radius 1 is 1.50 bits per heavy atom. The SMILES string of the molecule is CCc1nnc2c(N)c(C)[nH]n12. The molecule has 0 aromatic carbocycles. The summed E-state index contributed by atoms with van der Waals surface area (Å²) >= 11 is 0. The quantitative estimate of drug-likeness (QED) is 0.646. The second kappa shape index (κ2) is 2.23. The lowest BCUT2D eigenvalue weighted by Crippen LogP contribution is -1.92. The Bertz CT molecular complexity index is 411. The van der Waals surface area contributed by atoms with Gasteiger partial charge in [-0.1, -0.05) is 6.92 Å². The van der Waals surface area contributed by atoms with E-state index in [-0.39, 0.29) is 0 Å². The molecule has 0 spiro atoms. The van der Waals surface area contributed by atoms with Crippen LogP contribution in [-0.4, -0.2) is 19.8 Å². The number of hydrogen-bond donors (Lipinski definition) is 2. The van der Waals surface area contributed by atoms with Gasteiger partial charge in [0, 0.05) is 6.42 Å². The van der Waals surface area contributed by atoms with Crippen molar-refractivity contribution in [2.24, 2.45) is 0 Å². The molecule has 0 fully saturated rings. The van der Waals surface area contributed by atoms with Gasteiger partial charge in [0.15, 0.2) is 5.82 Å². The van der Waals surface area contributed by atoms with E-state index < -0.39 is 0 Å². The van der Waals surface area contributed by atoms with Gasteiger partial charge in [0.05, 0.1) is 11.4 Å². The number of nitrogens with two attached hydrogens (primary N) is 1. The molecule has 5 nitrogen and oxygen atoms in total. The lowest BCUT2D eigenvalue weighted by molar-refractivity contribution is 0.824. The molecule has 2 rings (SSSR count). The fourth-order valence-corrected chi connectivity index (χ4v) is 1.23. The topological polar surface area (TPSA) is 72.0 Å². The Morgan fingerprint density at radius 3 is 2.92 bits per heavy atom. The van der Waals surface area contributed by atoms with Gasteiger partial charge in [0.25, 0.3) is 0 Å². The summed E-state index contributed by atoms with van der Waals surface area (Å²) < 4.78 is 1.82. The van der Waals surface area contributed by atoms with Crippen LogP contribution < -0.4 is 5.73 Å². The van der Waals surface area contributed by atoms with Crippen LogP contribution in [0.25, 0.3) is 5.65 Å². The Kier molecular flexibility index (Phi) is 1.33. The number of nitrogens with one attached hydrogen (secondary N) is 1. The Labute approximate surface area is 69.6 Å². The predicted molar refractivity (Wildman–Crippen MR) is 45.9 cm³/mol. The average Bonchev–Trinajstić information content (AvgIpc) is 2.55. The van der Waals surface area contributed by atoms with Gasteiger partial charge in [-0.25, -0.2) is 4.52 Å². The smallest absolute Gasteiger partial charge is 0.200 e. The third-order valence-electron chi connectivity index (χ3n) is 1.97. The number of nitrogens with zero attached hydrogens (tertiary/aromatic N) is 3. The number of anilines is 1. The van der Waals surface area contributed by atoms with Crippen molar-refractivity contribution < 1.29 is 0 Å². The molecule has 0 atom stereocenters. The number of hydrogen-bond acceptors (Lipinski definition) is 3. The second-order valence-corrected chi connectivity index (χ2v) is 2.78. The van der Waals surface area contributed by atoms with Crippen molar-refractivity contribution >= 4 is 11.3 Å². The third-order valence-corrected chi connectivity index (χ3v) is 1.97. The summed E-state index contributed by atoms with van der Waals surface area (Å²) in [4.78, 5) is 0. The molecule has 0 saturated heterocycles. The Hall–Kier alpha value is -1.52. The number of fused-ring (bicyclic) bond motifs is 1. The van der Waals surface area contributed by atoms with E-state index in [4.69, 9.17) is 5.73 Å². The zero-order valence-electron chi connectivity index (χ0n) is 7.13. The van der Waals surface area contributed by atoms with E-state index in [2.05, 4.69) is 15.3 Å². The monoisotopic (exact) mass is 165 g/mol. The van der Waals surface area contributed by atoms with Crippen LogP contribution in [-0.2, 0) is 6.42 Å². The molecule has 0 unspecified atom stereocenters. The largest absolute Gasteiger partial charge is 0.394 e. The Balaban J connectivity index is 2.79. The molecule has 3 N–H and O–H groups in total. The molecule has 0 amide bonds.